The molecule has 8 heteroatoms. The number of aliphatic hydroxyl groups excluding tert-OH is 1. The van der Waals surface area contributed by atoms with Gasteiger partial charge in [-0.2, -0.15) is 0 Å². The first-order chi connectivity index (χ1) is 14.9. The Hall–Kier alpha value is -3.78. The Morgan fingerprint density at radius 3 is 2.26 bits per heavy atom. The summed E-state index contributed by atoms with van der Waals surface area (Å²) in [5.74, 6) is -1.93. The van der Waals surface area contributed by atoms with Crippen molar-refractivity contribution >= 4 is 44.8 Å². The van der Waals surface area contributed by atoms with Crippen LogP contribution < -0.4 is 4.90 Å². The number of halogens is 1. The summed E-state index contributed by atoms with van der Waals surface area (Å²) in [6.45, 7) is 0. The lowest BCUT2D eigenvalue weighted by Crippen LogP contribution is -2.29. The van der Waals surface area contributed by atoms with Crippen molar-refractivity contribution in [3.8, 4) is 0 Å². The van der Waals surface area contributed by atoms with Crippen LogP contribution in [0, 0.1) is 10.1 Å². The molecular formula is C23H15BrN2O5. The number of carbonyl (C=O) groups excluding carboxylic acids is 2. The molecule has 1 aliphatic heterocycles. The van der Waals surface area contributed by atoms with Gasteiger partial charge in [0.2, 0.25) is 0 Å². The van der Waals surface area contributed by atoms with Gasteiger partial charge in [-0.1, -0.05) is 52.3 Å². The van der Waals surface area contributed by atoms with Crippen molar-refractivity contribution in [1.82, 2.24) is 0 Å². The van der Waals surface area contributed by atoms with E-state index < -0.39 is 22.7 Å². The van der Waals surface area contributed by atoms with Crippen molar-refractivity contribution in [3.05, 3.63) is 110 Å². The van der Waals surface area contributed by atoms with Gasteiger partial charge in [-0.3, -0.25) is 24.6 Å². The number of rotatable bonds is 4. The van der Waals surface area contributed by atoms with Gasteiger partial charge in [-0.05, 0) is 35.9 Å². The number of aliphatic hydroxyl groups is 1. The van der Waals surface area contributed by atoms with E-state index >= 15 is 0 Å². The van der Waals surface area contributed by atoms with Gasteiger partial charge in [0.1, 0.15) is 5.76 Å². The van der Waals surface area contributed by atoms with Crippen LogP contribution in [0.3, 0.4) is 0 Å². The Morgan fingerprint density at radius 1 is 0.968 bits per heavy atom. The molecule has 0 aromatic heterocycles. The minimum Gasteiger partial charge on any atom is -0.507 e. The van der Waals surface area contributed by atoms with Crippen LogP contribution in [0.15, 0.2) is 88.9 Å². The molecule has 0 aliphatic carbocycles. The predicted molar refractivity (Wildman–Crippen MR) is 118 cm³/mol. The lowest BCUT2D eigenvalue weighted by atomic mass is 9.95. The molecule has 1 fully saturated rings. The van der Waals surface area contributed by atoms with Crippen molar-refractivity contribution in [3.63, 3.8) is 0 Å². The lowest BCUT2D eigenvalue weighted by molar-refractivity contribution is -0.384. The molecule has 3 aromatic rings. The first-order valence-electron chi connectivity index (χ1n) is 9.25. The fourth-order valence-corrected chi connectivity index (χ4v) is 3.96. The number of hydrogen-bond donors (Lipinski definition) is 1. The smallest absolute Gasteiger partial charge is 0.300 e. The molecule has 1 heterocycles. The van der Waals surface area contributed by atoms with E-state index in [-0.39, 0.29) is 17.0 Å². The molecule has 1 atom stereocenters. The maximum absolute atomic E-state index is 13.0. The minimum absolute atomic E-state index is 0.0787. The van der Waals surface area contributed by atoms with Gasteiger partial charge in [0.15, 0.2) is 0 Å². The molecule has 3 aromatic carbocycles. The third kappa shape index (κ3) is 3.73. The number of non-ortho nitro benzene ring substituents is 1. The molecule has 0 bridgehead atoms. The molecule has 1 N–H and O–H groups in total. The summed E-state index contributed by atoms with van der Waals surface area (Å²) in [7, 11) is 0. The normalized spacial score (nSPS) is 17.7. The number of anilines is 1. The summed E-state index contributed by atoms with van der Waals surface area (Å²) >= 11 is 3.37. The van der Waals surface area contributed by atoms with Crippen LogP contribution in [0.1, 0.15) is 17.2 Å². The van der Waals surface area contributed by atoms with Crippen molar-refractivity contribution in [2.24, 2.45) is 0 Å². The molecule has 1 aliphatic rings. The number of benzene rings is 3. The minimum atomic E-state index is -0.949. The number of Topliss-reactive ketones (excluding diaryl/α,β-unsaturated/α-hetero) is 1. The summed E-state index contributed by atoms with van der Waals surface area (Å²) in [4.78, 5) is 37.9. The van der Waals surface area contributed by atoms with Crippen LogP contribution in [0.5, 0.6) is 0 Å². The number of hydrogen-bond acceptors (Lipinski definition) is 5. The molecule has 0 saturated carbocycles. The largest absolute Gasteiger partial charge is 0.507 e. The molecule has 1 amide bonds. The van der Waals surface area contributed by atoms with Crippen molar-refractivity contribution < 1.29 is 19.6 Å². The van der Waals surface area contributed by atoms with E-state index in [2.05, 4.69) is 15.9 Å². The van der Waals surface area contributed by atoms with Gasteiger partial charge in [0.25, 0.3) is 17.4 Å². The molecule has 7 nitrogen and oxygen atoms in total. The van der Waals surface area contributed by atoms with E-state index in [9.17, 15) is 24.8 Å². The van der Waals surface area contributed by atoms with Gasteiger partial charge in [0, 0.05) is 27.9 Å². The fourth-order valence-electron chi connectivity index (χ4n) is 3.57. The third-order valence-electron chi connectivity index (χ3n) is 5.00. The summed E-state index contributed by atoms with van der Waals surface area (Å²) in [5.41, 5.74) is 1.10. The van der Waals surface area contributed by atoms with E-state index in [4.69, 9.17) is 0 Å². The van der Waals surface area contributed by atoms with Crippen LogP contribution in [-0.2, 0) is 9.59 Å². The van der Waals surface area contributed by atoms with Gasteiger partial charge >= 0.3 is 0 Å². The molecule has 1 saturated heterocycles. The zero-order valence-electron chi connectivity index (χ0n) is 15.9. The zero-order valence-corrected chi connectivity index (χ0v) is 17.5. The number of ketones is 1. The van der Waals surface area contributed by atoms with Crippen LogP contribution >= 0.6 is 15.9 Å². The molecule has 4 rings (SSSR count). The van der Waals surface area contributed by atoms with E-state index in [1.165, 1.54) is 29.2 Å². The average molecular weight is 479 g/mol. The van der Waals surface area contributed by atoms with Crippen LogP contribution in [-0.4, -0.2) is 21.7 Å². The number of nitrogens with zero attached hydrogens (tertiary/aromatic N) is 2. The topological polar surface area (TPSA) is 101 Å². The third-order valence-corrected chi connectivity index (χ3v) is 5.49. The summed E-state index contributed by atoms with van der Waals surface area (Å²) in [6.07, 6.45) is 0. The van der Waals surface area contributed by atoms with Crippen LogP contribution in [0.2, 0.25) is 0 Å². The SMILES string of the molecule is O=C1C(=O)N(c2cccc(Br)c2)C(c2ccc([N+](=O)[O-])cc2)/C1=C(\O)c1ccccc1. The maximum Gasteiger partial charge on any atom is 0.300 e. The van der Waals surface area contributed by atoms with E-state index in [1.807, 2.05) is 0 Å². The first-order valence-corrected chi connectivity index (χ1v) is 10.0. The molecule has 0 radical (unpaired) electrons. The molecule has 31 heavy (non-hydrogen) atoms. The summed E-state index contributed by atoms with van der Waals surface area (Å²) in [6, 6.07) is 20.0. The Morgan fingerprint density at radius 2 is 1.65 bits per heavy atom. The Balaban J connectivity index is 1.94. The highest BCUT2D eigenvalue weighted by Gasteiger charge is 2.47. The maximum atomic E-state index is 13.0. The van der Waals surface area contributed by atoms with Crippen molar-refractivity contribution in [1.29, 1.82) is 0 Å². The zero-order chi connectivity index (χ0) is 22.1. The van der Waals surface area contributed by atoms with Crippen LogP contribution in [0.4, 0.5) is 11.4 Å². The van der Waals surface area contributed by atoms with Crippen molar-refractivity contribution in [2.75, 3.05) is 4.90 Å². The number of amides is 1. The summed E-state index contributed by atoms with van der Waals surface area (Å²) in [5, 5.41) is 22.0. The Kier molecular flexibility index (Phi) is 5.39. The number of nitro benzene ring substituents is 1. The van der Waals surface area contributed by atoms with Gasteiger partial charge < -0.3 is 5.11 Å². The highest BCUT2D eigenvalue weighted by Crippen LogP contribution is 2.42. The highest BCUT2D eigenvalue weighted by atomic mass is 79.9. The Labute approximate surface area is 185 Å². The fraction of sp³-hybridized carbons (Fsp3) is 0.0435. The molecule has 154 valence electrons. The van der Waals surface area contributed by atoms with E-state index in [0.29, 0.717) is 21.3 Å². The van der Waals surface area contributed by atoms with Crippen molar-refractivity contribution in [2.45, 2.75) is 6.04 Å². The van der Waals surface area contributed by atoms with Gasteiger partial charge in [-0.15, -0.1) is 0 Å². The second-order valence-corrected chi connectivity index (χ2v) is 7.78. The highest BCUT2D eigenvalue weighted by molar-refractivity contribution is 9.10. The number of carbonyl (C=O) groups is 2. The van der Waals surface area contributed by atoms with E-state index in [1.54, 1.807) is 54.6 Å². The molecule has 1 unspecified atom stereocenters. The number of nitro groups is 1. The monoisotopic (exact) mass is 478 g/mol. The van der Waals surface area contributed by atoms with Gasteiger partial charge in [0.05, 0.1) is 16.5 Å². The second-order valence-electron chi connectivity index (χ2n) is 6.86. The molecule has 0 spiro atoms. The summed E-state index contributed by atoms with van der Waals surface area (Å²) < 4.78 is 0.706. The first kappa shape index (κ1) is 20.5. The lowest BCUT2D eigenvalue weighted by Gasteiger charge is -2.25. The Bertz CT molecular complexity index is 1220. The molecular weight excluding hydrogens is 464 g/mol. The predicted octanol–water partition coefficient (Wildman–Crippen LogP) is 4.98. The average Bonchev–Trinajstić information content (AvgIpc) is 3.04. The van der Waals surface area contributed by atoms with E-state index in [0.717, 1.165) is 0 Å². The second kappa shape index (κ2) is 8.16. The van der Waals surface area contributed by atoms with Gasteiger partial charge in [-0.25, -0.2) is 0 Å². The quantitative estimate of drug-likeness (QED) is 0.187. The standard InChI is InChI=1S/C23H15BrN2O5/c24-16-7-4-8-18(13-16)25-20(14-9-11-17(12-10-14)26(30)31)19(22(28)23(25)29)21(27)15-5-2-1-3-6-15/h1-13,20,27H/b21-19+. The van der Waals surface area contributed by atoms with Crippen LogP contribution in [0.25, 0.3) is 5.76 Å².